The highest BCUT2D eigenvalue weighted by atomic mass is 35.5. The number of amidine groups is 2. The fourth-order valence-electron chi connectivity index (χ4n) is 3.10. The summed E-state index contributed by atoms with van der Waals surface area (Å²) in [7, 11) is 0. The summed E-state index contributed by atoms with van der Waals surface area (Å²) in [5.41, 5.74) is 2.30. The van der Waals surface area contributed by atoms with Crippen LogP contribution in [-0.2, 0) is 4.79 Å². The SMILES string of the molecule is Cc1c(C=C2C(=N)N3N=C(c4cccs4)SC3=NC2=O)c(Cl)nn1-c1ccccc1. The zero-order valence-electron chi connectivity index (χ0n) is 15.5. The molecule has 2 aromatic heterocycles. The molecule has 0 spiro atoms. The molecule has 1 aromatic carbocycles. The van der Waals surface area contributed by atoms with Crippen molar-refractivity contribution in [1.82, 2.24) is 14.8 Å². The first-order valence-electron chi connectivity index (χ1n) is 8.87. The van der Waals surface area contributed by atoms with Gasteiger partial charge in [-0.2, -0.15) is 20.2 Å². The van der Waals surface area contributed by atoms with Crippen molar-refractivity contribution in [2.24, 2.45) is 10.1 Å². The van der Waals surface area contributed by atoms with Crippen LogP contribution in [0.1, 0.15) is 16.1 Å². The molecular weight excluding hydrogens is 440 g/mol. The van der Waals surface area contributed by atoms with Crippen LogP contribution in [0.5, 0.6) is 0 Å². The number of hydrogen-bond donors (Lipinski definition) is 1. The molecule has 3 aromatic rings. The first kappa shape index (κ1) is 19.0. The van der Waals surface area contributed by atoms with Crippen LogP contribution in [0.2, 0.25) is 5.15 Å². The Hall–Kier alpha value is -3.01. The summed E-state index contributed by atoms with van der Waals surface area (Å²) in [6.45, 7) is 1.86. The van der Waals surface area contributed by atoms with Gasteiger partial charge in [-0.3, -0.25) is 10.2 Å². The predicted molar refractivity (Wildman–Crippen MR) is 122 cm³/mol. The molecule has 10 heteroatoms. The molecule has 1 N–H and O–H groups in total. The molecule has 0 unspecified atom stereocenters. The summed E-state index contributed by atoms with van der Waals surface area (Å²) in [5.74, 6) is -0.531. The molecule has 30 heavy (non-hydrogen) atoms. The number of nitrogens with one attached hydrogen (secondary N) is 1. The van der Waals surface area contributed by atoms with Gasteiger partial charge < -0.3 is 0 Å². The lowest BCUT2D eigenvalue weighted by atomic mass is 10.1. The minimum Gasteiger partial charge on any atom is -0.282 e. The van der Waals surface area contributed by atoms with E-state index in [0.717, 1.165) is 16.3 Å². The zero-order valence-corrected chi connectivity index (χ0v) is 17.9. The van der Waals surface area contributed by atoms with E-state index in [-0.39, 0.29) is 16.6 Å². The highest BCUT2D eigenvalue weighted by Gasteiger charge is 2.36. The Morgan fingerprint density at radius 3 is 2.70 bits per heavy atom. The molecule has 1 amide bonds. The summed E-state index contributed by atoms with van der Waals surface area (Å²) in [6.07, 6.45) is 1.57. The fraction of sp³-hybridized carbons (Fsp3) is 0.0500. The Balaban J connectivity index is 1.54. The molecule has 2 aliphatic rings. The molecular formula is C20H13ClN6OS2. The lowest BCUT2D eigenvalue weighted by Gasteiger charge is -2.20. The number of halogens is 1. The number of fused-ring (bicyclic) bond motifs is 1. The third-order valence-corrected chi connectivity index (χ3v) is 6.82. The summed E-state index contributed by atoms with van der Waals surface area (Å²) < 4.78 is 1.71. The molecule has 7 nitrogen and oxygen atoms in total. The number of aliphatic imine (C=N–C) groups is 1. The maximum atomic E-state index is 12.7. The molecule has 0 fully saturated rings. The minimum absolute atomic E-state index is 0.0352. The van der Waals surface area contributed by atoms with Gasteiger partial charge in [0.2, 0.25) is 5.17 Å². The van der Waals surface area contributed by atoms with Crippen molar-refractivity contribution in [3.63, 3.8) is 0 Å². The molecule has 2 aliphatic heterocycles. The van der Waals surface area contributed by atoms with E-state index in [1.165, 1.54) is 16.8 Å². The Morgan fingerprint density at radius 1 is 1.17 bits per heavy atom. The number of rotatable bonds is 3. The highest BCUT2D eigenvalue weighted by molar-refractivity contribution is 8.27. The van der Waals surface area contributed by atoms with E-state index in [1.54, 1.807) is 22.1 Å². The quantitative estimate of drug-likeness (QED) is 0.590. The first-order valence-corrected chi connectivity index (χ1v) is 10.9. The summed E-state index contributed by atoms with van der Waals surface area (Å²) >= 11 is 9.20. The maximum Gasteiger partial charge on any atom is 0.283 e. The predicted octanol–water partition coefficient (Wildman–Crippen LogP) is 4.56. The smallest absolute Gasteiger partial charge is 0.282 e. The van der Waals surface area contributed by atoms with Crippen molar-refractivity contribution < 1.29 is 4.79 Å². The van der Waals surface area contributed by atoms with Crippen LogP contribution in [-0.4, -0.2) is 36.7 Å². The molecule has 5 rings (SSSR count). The van der Waals surface area contributed by atoms with Gasteiger partial charge in [0, 0.05) is 11.3 Å². The number of hydrazone groups is 1. The van der Waals surface area contributed by atoms with Crippen LogP contribution in [0.25, 0.3) is 11.8 Å². The third kappa shape index (κ3) is 3.11. The van der Waals surface area contributed by atoms with Crippen molar-refractivity contribution in [1.29, 1.82) is 5.41 Å². The number of carbonyl (C=O) groups is 1. The number of thiophene rings is 1. The maximum absolute atomic E-state index is 12.7. The minimum atomic E-state index is -0.496. The summed E-state index contributed by atoms with van der Waals surface area (Å²) in [4.78, 5) is 17.8. The average Bonchev–Trinajstić information content (AvgIpc) is 3.46. The largest absolute Gasteiger partial charge is 0.283 e. The molecule has 0 bridgehead atoms. The van der Waals surface area contributed by atoms with E-state index in [9.17, 15) is 4.79 Å². The number of thioether (sulfide) groups is 1. The van der Waals surface area contributed by atoms with Gasteiger partial charge >= 0.3 is 0 Å². The van der Waals surface area contributed by atoms with Gasteiger partial charge in [0.05, 0.1) is 16.1 Å². The molecule has 4 heterocycles. The number of nitrogens with zero attached hydrogens (tertiary/aromatic N) is 5. The van der Waals surface area contributed by atoms with Gasteiger partial charge in [-0.05, 0) is 48.3 Å². The van der Waals surface area contributed by atoms with Crippen molar-refractivity contribution in [2.45, 2.75) is 6.92 Å². The number of amides is 1. The van der Waals surface area contributed by atoms with E-state index in [2.05, 4.69) is 15.2 Å². The van der Waals surface area contributed by atoms with Crippen LogP contribution in [0, 0.1) is 12.3 Å². The molecule has 0 atom stereocenters. The number of aromatic nitrogens is 2. The lowest BCUT2D eigenvalue weighted by Crippen LogP contribution is -2.35. The van der Waals surface area contributed by atoms with Gasteiger partial charge in [-0.15, -0.1) is 11.3 Å². The van der Waals surface area contributed by atoms with Crippen molar-refractivity contribution in [2.75, 3.05) is 0 Å². The monoisotopic (exact) mass is 452 g/mol. The molecule has 0 saturated carbocycles. The van der Waals surface area contributed by atoms with Gasteiger partial charge in [0.1, 0.15) is 5.04 Å². The second kappa shape index (κ2) is 7.35. The van der Waals surface area contributed by atoms with Gasteiger partial charge in [0.25, 0.3) is 5.91 Å². The van der Waals surface area contributed by atoms with Gasteiger partial charge in [-0.25, -0.2) is 4.68 Å². The Bertz CT molecular complexity index is 1270. The standard InChI is InChI=1S/C20H13ClN6OS2/c1-11-13(16(21)24-26(11)12-6-3-2-4-7-12)10-14-17(22)27-20(23-18(14)28)30-19(25-27)15-8-5-9-29-15/h2-10,22H,1H3. The molecule has 0 saturated heterocycles. The van der Waals surface area contributed by atoms with Crippen LogP contribution < -0.4 is 0 Å². The van der Waals surface area contributed by atoms with Crippen molar-refractivity contribution in [3.05, 3.63) is 74.7 Å². The zero-order chi connectivity index (χ0) is 20.8. The van der Waals surface area contributed by atoms with Crippen LogP contribution in [0.4, 0.5) is 0 Å². The number of benzene rings is 1. The Kier molecular flexibility index (Phi) is 4.65. The topological polar surface area (TPSA) is 86.7 Å². The fourth-order valence-corrected chi connectivity index (χ4v) is 5.05. The number of hydrogen-bond acceptors (Lipinski definition) is 6. The molecule has 148 valence electrons. The third-order valence-electron chi connectivity index (χ3n) is 4.59. The van der Waals surface area contributed by atoms with E-state index in [0.29, 0.717) is 15.8 Å². The van der Waals surface area contributed by atoms with E-state index >= 15 is 0 Å². The second-order valence-corrected chi connectivity index (χ2v) is 8.70. The van der Waals surface area contributed by atoms with Crippen LogP contribution >= 0.6 is 34.7 Å². The summed E-state index contributed by atoms with van der Waals surface area (Å²) in [5, 5.41) is 22.1. The van der Waals surface area contributed by atoms with E-state index < -0.39 is 5.91 Å². The molecule has 0 aliphatic carbocycles. The van der Waals surface area contributed by atoms with Crippen molar-refractivity contribution in [3.8, 4) is 5.69 Å². The molecule has 0 radical (unpaired) electrons. The van der Waals surface area contributed by atoms with Gasteiger partial charge in [0.15, 0.2) is 11.0 Å². The van der Waals surface area contributed by atoms with Crippen LogP contribution in [0.15, 0.2) is 63.5 Å². The van der Waals surface area contributed by atoms with E-state index in [1.807, 2.05) is 54.8 Å². The second-order valence-electron chi connectivity index (χ2n) is 6.44. The summed E-state index contributed by atoms with van der Waals surface area (Å²) in [6, 6.07) is 13.4. The lowest BCUT2D eigenvalue weighted by molar-refractivity contribution is -0.114. The van der Waals surface area contributed by atoms with Crippen molar-refractivity contribution >= 4 is 62.7 Å². The number of carbonyl (C=O) groups excluding carboxylic acids is 1. The Labute approximate surface area is 184 Å². The average molecular weight is 453 g/mol. The van der Waals surface area contributed by atoms with E-state index in [4.69, 9.17) is 17.0 Å². The first-order chi connectivity index (χ1) is 14.5. The normalized spacial score (nSPS) is 17.4. The number of para-hydroxylation sites is 1. The Morgan fingerprint density at radius 2 is 1.97 bits per heavy atom. The van der Waals surface area contributed by atoms with Gasteiger partial charge in [-0.1, -0.05) is 35.9 Å². The van der Waals surface area contributed by atoms with Crippen LogP contribution in [0.3, 0.4) is 0 Å². The highest BCUT2D eigenvalue weighted by Crippen LogP contribution is 2.33.